The smallest absolute Gasteiger partial charge is 0.430 e. The first-order valence-corrected chi connectivity index (χ1v) is 11.0. The molecule has 0 aliphatic carbocycles. The molecule has 186 valence electrons. The van der Waals surface area contributed by atoms with Crippen molar-refractivity contribution in [1.29, 1.82) is 10.5 Å². The van der Waals surface area contributed by atoms with Crippen LogP contribution in [0, 0.1) is 28.5 Å². The minimum absolute atomic E-state index is 0.0865. The lowest BCUT2D eigenvalue weighted by molar-refractivity contribution is 0.190. The highest BCUT2D eigenvalue weighted by Gasteiger charge is 2.35. The number of aromatic nitrogens is 1. The molecule has 2 amide bonds. The summed E-state index contributed by atoms with van der Waals surface area (Å²) in [5.74, 6) is -1.52. The lowest BCUT2D eigenvalue weighted by Gasteiger charge is -2.22. The van der Waals surface area contributed by atoms with Gasteiger partial charge >= 0.3 is 12.2 Å². The molecule has 4 rings (SSSR count). The first-order chi connectivity index (χ1) is 18.5. The normalized spacial score (nSPS) is 10.0. The van der Waals surface area contributed by atoms with Crippen LogP contribution in [0.2, 0.25) is 0 Å². The van der Waals surface area contributed by atoms with Crippen LogP contribution in [0.3, 0.4) is 0 Å². The van der Waals surface area contributed by atoms with Crippen LogP contribution >= 0.6 is 0 Å². The van der Waals surface area contributed by atoms with Crippen molar-refractivity contribution in [1.82, 2.24) is 4.98 Å². The van der Waals surface area contributed by atoms with Gasteiger partial charge in [-0.3, -0.25) is 0 Å². The quantitative estimate of drug-likeness (QED) is 0.329. The van der Waals surface area contributed by atoms with Gasteiger partial charge in [0, 0.05) is 11.1 Å². The predicted molar refractivity (Wildman–Crippen MR) is 133 cm³/mol. The zero-order valence-corrected chi connectivity index (χ0v) is 19.8. The monoisotopic (exact) mass is 508 g/mol. The second-order valence-electron chi connectivity index (χ2n) is 7.47. The summed E-state index contributed by atoms with van der Waals surface area (Å²) < 4.78 is 30.8. The molecule has 0 saturated heterocycles. The van der Waals surface area contributed by atoms with Gasteiger partial charge in [-0.1, -0.05) is 54.6 Å². The number of nitrogens with zero attached hydrogens (tertiary/aromatic N) is 4. The standard InChI is InChI=1S/C28H17FN4O5/c1-36-26-22(17-31)24(20-14-8-9-15-23(20)29)21(16-30)25(32-26)33(27(34)37-18-10-4-2-5-11-18)28(35)38-19-12-6-3-7-13-19/h2-15H,1H3. The third-order valence-electron chi connectivity index (χ3n) is 5.18. The van der Waals surface area contributed by atoms with Gasteiger partial charge in [-0.2, -0.15) is 20.4 Å². The van der Waals surface area contributed by atoms with Gasteiger partial charge in [-0.15, -0.1) is 0 Å². The maximum absolute atomic E-state index is 14.9. The van der Waals surface area contributed by atoms with Crippen molar-refractivity contribution >= 4 is 18.0 Å². The van der Waals surface area contributed by atoms with Gasteiger partial charge in [0.25, 0.3) is 0 Å². The number of imide groups is 1. The summed E-state index contributed by atoms with van der Waals surface area (Å²) >= 11 is 0. The van der Waals surface area contributed by atoms with Crippen LogP contribution in [-0.2, 0) is 0 Å². The maximum atomic E-state index is 14.9. The van der Waals surface area contributed by atoms with E-state index in [4.69, 9.17) is 14.2 Å². The van der Waals surface area contributed by atoms with Crippen LogP contribution < -0.4 is 19.1 Å². The number of nitriles is 2. The van der Waals surface area contributed by atoms with Crippen LogP contribution in [0.15, 0.2) is 84.9 Å². The zero-order valence-electron chi connectivity index (χ0n) is 19.8. The molecule has 9 nitrogen and oxygen atoms in total. The molecule has 0 bridgehead atoms. The molecular weight excluding hydrogens is 491 g/mol. The number of halogens is 1. The Morgan fingerprint density at radius 2 is 1.29 bits per heavy atom. The summed E-state index contributed by atoms with van der Waals surface area (Å²) in [6.45, 7) is 0. The average Bonchev–Trinajstić information content (AvgIpc) is 2.93. The number of amides is 2. The number of methoxy groups -OCH3 is 1. The molecule has 0 N–H and O–H groups in total. The molecule has 1 aromatic heterocycles. The maximum Gasteiger partial charge on any atom is 0.430 e. The number of rotatable bonds is 5. The van der Waals surface area contributed by atoms with E-state index in [9.17, 15) is 24.5 Å². The summed E-state index contributed by atoms with van der Waals surface area (Å²) in [5, 5.41) is 20.0. The zero-order chi connectivity index (χ0) is 27.1. The fourth-order valence-corrected chi connectivity index (χ4v) is 3.52. The van der Waals surface area contributed by atoms with Crippen molar-refractivity contribution in [2.45, 2.75) is 0 Å². The molecule has 0 fully saturated rings. The second-order valence-corrected chi connectivity index (χ2v) is 7.47. The Kier molecular flexibility index (Phi) is 7.56. The summed E-state index contributed by atoms with van der Waals surface area (Å²) in [7, 11) is 1.19. The molecule has 0 saturated carbocycles. The van der Waals surface area contributed by atoms with Crippen molar-refractivity contribution in [3.63, 3.8) is 0 Å². The van der Waals surface area contributed by atoms with Crippen molar-refractivity contribution in [2.24, 2.45) is 0 Å². The van der Waals surface area contributed by atoms with Gasteiger partial charge < -0.3 is 14.2 Å². The number of pyridine rings is 1. The van der Waals surface area contributed by atoms with Crippen LogP contribution in [0.1, 0.15) is 11.1 Å². The van der Waals surface area contributed by atoms with E-state index in [2.05, 4.69) is 4.98 Å². The van der Waals surface area contributed by atoms with E-state index < -0.39 is 29.4 Å². The highest BCUT2D eigenvalue weighted by Crippen LogP contribution is 2.39. The Bertz CT molecular complexity index is 1530. The fraction of sp³-hybridized carbons (Fsp3) is 0.0357. The highest BCUT2D eigenvalue weighted by molar-refractivity contribution is 6.11. The minimum Gasteiger partial charge on any atom is -0.480 e. The van der Waals surface area contributed by atoms with E-state index in [1.165, 1.54) is 49.6 Å². The molecule has 0 unspecified atom stereocenters. The lowest BCUT2D eigenvalue weighted by Crippen LogP contribution is -2.42. The first kappa shape index (κ1) is 25.4. The summed E-state index contributed by atoms with van der Waals surface area (Å²) in [6.07, 6.45) is -2.54. The fourth-order valence-electron chi connectivity index (χ4n) is 3.52. The van der Waals surface area contributed by atoms with Gasteiger partial charge in [0.05, 0.1) is 7.11 Å². The van der Waals surface area contributed by atoms with E-state index in [0.717, 1.165) is 6.07 Å². The molecule has 0 atom stereocenters. The molecule has 0 spiro atoms. The molecule has 0 radical (unpaired) electrons. The predicted octanol–water partition coefficient (Wildman–Crippen LogP) is 5.84. The average molecular weight is 508 g/mol. The minimum atomic E-state index is -1.27. The summed E-state index contributed by atoms with van der Waals surface area (Å²) in [6, 6.07) is 24.8. The Labute approximate surface area is 216 Å². The van der Waals surface area contributed by atoms with Crippen LogP contribution in [0.25, 0.3) is 11.1 Å². The van der Waals surface area contributed by atoms with Gasteiger partial charge in [-0.05, 0) is 30.3 Å². The van der Waals surface area contributed by atoms with E-state index in [-0.39, 0.29) is 34.1 Å². The summed E-state index contributed by atoms with van der Waals surface area (Å²) in [4.78, 5) is 31.2. The molecule has 38 heavy (non-hydrogen) atoms. The highest BCUT2D eigenvalue weighted by atomic mass is 19.1. The molecule has 0 aliphatic heterocycles. The number of hydrogen-bond donors (Lipinski definition) is 0. The number of carbonyl (C=O) groups excluding carboxylic acids is 2. The number of ether oxygens (including phenoxy) is 3. The van der Waals surface area contributed by atoms with Crippen molar-refractivity contribution < 1.29 is 28.2 Å². The van der Waals surface area contributed by atoms with Gasteiger partial charge in [-0.25, -0.2) is 14.0 Å². The SMILES string of the molecule is COc1nc(N(C(=O)Oc2ccccc2)C(=O)Oc2ccccc2)c(C#N)c(-c2ccccc2F)c1C#N. The summed E-state index contributed by atoms with van der Waals surface area (Å²) in [5.41, 5.74) is -1.09. The third kappa shape index (κ3) is 5.10. The van der Waals surface area contributed by atoms with Crippen LogP contribution in [0.5, 0.6) is 17.4 Å². The number of carbonyl (C=O) groups is 2. The van der Waals surface area contributed by atoms with Gasteiger partial charge in [0.2, 0.25) is 5.88 Å². The first-order valence-electron chi connectivity index (χ1n) is 11.0. The lowest BCUT2D eigenvalue weighted by atomic mass is 9.95. The Morgan fingerprint density at radius 3 is 1.76 bits per heavy atom. The molecule has 3 aromatic carbocycles. The molecule has 0 aliphatic rings. The Hall–Kier alpha value is -5.74. The number of para-hydroxylation sites is 2. The van der Waals surface area contributed by atoms with Crippen molar-refractivity contribution in [2.75, 3.05) is 12.0 Å². The van der Waals surface area contributed by atoms with E-state index in [1.54, 1.807) is 36.4 Å². The van der Waals surface area contributed by atoms with Gasteiger partial charge in [0.15, 0.2) is 5.82 Å². The van der Waals surface area contributed by atoms with E-state index in [0.29, 0.717) is 4.90 Å². The van der Waals surface area contributed by atoms with E-state index >= 15 is 0 Å². The molecule has 10 heteroatoms. The molecule has 1 heterocycles. The number of hydrogen-bond acceptors (Lipinski definition) is 8. The second kappa shape index (κ2) is 11.3. The van der Waals surface area contributed by atoms with Gasteiger partial charge in [0.1, 0.15) is 40.6 Å². The third-order valence-corrected chi connectivity index (χ3v) is 5.18. The topological polar surface area (TPSA) is 126 Å². The number of anilines is 1. The Balaban J connectivity index is 1.96. The molecule has 4 aromatic rings. The van der Waals surface area contributed by atoms with Crippen LogP contribution in [0.4, 0.5) is 19.8 Å². The van der Waals surface area contributed by atoms with E-state index in [1.807, 2.05) is 12.1 Å². The number of benzene rings is 3. The molecular formula is C28H17FN4O5. The Morgan fingerprint density at radius 1 is 0.789 bits per heavy atom. The largest absolute Gasteiger partial charge is 0.480 e. The van der Waals surface area contributed by atoms with Crippen LogP contribution in [-0.4, -0.2) is 24.3 Å². The van der Waals surface area contributed by atoms with Crippen molar-refractivity contribution in [3.05, 3.63) is 102 Å². The van der Waals surface area contributed by atoms with Crippen molar-refractivity contribution in [3.8, 4) is 40.6 Å².